The van der Waals surface area contributed by atoms with Crippen molar-refractivity contribution in [3.63, 3.8) is 0 Å². The van der Waals surface area contributed by atoms with Gasteiger partial charge in [-0.05, 0) is 0 Å². The molecule has 0 aliphatic heterocycles. The number of halogens is 1. The number of rotatable bonds is 16. The first kappa shape index (κ1) is 27.8. The van der Waals surface area contributed by atoms with Gasteiger partial charge in [0.25, 0.3) is 0 Å². The van der Waals surface area contributed by atoms with E-state index in [0.717, 1.165) is 27.3 Å². The van der Waals surface area contributed by atoms with Crippen LogP contribution < -0.4 is 3.58 Å². The summed E-state index contributed by atoms with van der Waals surface area (Å²) in [6, 6.07) is 1.13. The van der Waals surface area contributed by atoms with E-state index in [-0.39, 0.29) is 5.82 Å². The number of hydrogen-bond acceptors (Lipinski definition) is 3. The average Bonchev–Trinajstić information content (AvgIpc) is 3.16. The van der Waals surface area contributed by atoms with E-state index in [0.29, 0.717) is 10.2 Å². The SMILES string of the molecule is CCCC[C](CCCC)(CCCC)[Sn][c]1c(F)cnc2c1cnn2COCC[Si](C)(C)C. The van der Waals surface area contributed by atoms with Crippen LogP contribution in [0, 0.1) is 5.82 Å². The van der Waals surface area contributed by atoms with E-state index in [2.05, 4.69) is 50.5 Å². The van der Waals surface area contributed by atoms with Crippen molar-refractivity contribution in [1.82, 2.24) is 14.8 Å². The number of hydrogen-bond donors (Lipinski definition) is 0. The topological polar surface area (TPSA) is 39.9 Å². The molecule has 2 radical (unpaired) electrons. The third kappa shape index (κ3) is 8.39. The van der Waals surface area contributed by atoms with E-state index >= 15 is 4.39 Å². The molecule has 0 spiro atoms. The Labute approximate surface area is 206 Å². The van der Waals surface area contributed by atoms with E-state index in [4.69, 9.17) is 4.74 Å². The van der Waals surface area contributed by atoms with Crippen LogP contribution in [0.4, 0.5) is 4.39 Å². The fraction of sp³-hybridized carbons (Fsp3) is 0.760. The van der Waals surface area contributed by atoms with Crippen LogP contribution in [-0.4, -0.2) is 50.6 Å². The zero-order chi connectivity index (χ0) is 23.6. The molecule has 180 valence electrons. The van der Waals surface area contributed by atoms with Gasteiger partial charge in [-0.3, -0.25) is 0 Å². The van der Waals surface area contributed by atoms with Gasteiger partial charge in [-0.2, -0.15) is 0 Å². The molecule has 0 amide bonds. The van der Waals surface area contributed by atoms with Crippen molar-refractivity contribution in [2.24, 2.45) is 0 Å². The zero-order valence-corrected chi connectivity index (χ0v) is 25.1. The first-order valence-corrected chi connectivity index (χ1v) is 19.2. The summed E-state index contributed by atoms with van der Waals surface area (Å²) in [6.07, 6.45) is 14.4. The van der Waals surface area contributed by atoms with Gasteiger partial charge in [0.2, 0.25) is 0 Å². The second-order valence-corrected chi connectivity index (χ2v) is 21.2. The van der Waals surface area contributed by atoms with Gasteiger partial charge in [0.05, 0.1) is 0 Å². The molecule has 0 aliphatic rings. The molecule has 32 heavy (non-hydrogen) atoms. The number of pyridine rings is 1. The summed E-state index contributed by atoms with van der Waals surface area (Å²) in [5.74, 6) is -0.114. The van der Waals surface area contributed by atoms with E-state index in [1.165, 1.54) is 64.0 Å². The molecular weight excluding hydrogens is 524 g/mol. The fourth-order valence-electron chi connectivity index (χ4n) is 4.13. The maximum atomic E-state index is 15.2. The molecule has 0 atom stereocenters. The Morgan fingerprint density at radius 2 is 1.59 bits per heavy atom. The van der Waals surface area contributed by atoms with Crippen LogP contribution in [-0.2, 0) is 11.5 Å². The first-order chi connectivity index (χ1) is 15.2. The Bertz CT molecular complexity index is 800. The summed E-state index contributed by atoms with van der Waals surface area (Å²) in [7, 11) is -1.12. The number of nitrogens with zero attached hydrogens (tertiary/aromatic N) is 3. The van der Waals surface area contributed by atoms with E-state index in [1.807, 2.05) is 10.9 Å². The van der Waals surface area contributed by atoms with Crippen molar-refractivity contribution in [1.29, 1.82) is 0 Å². The predicted molar refractivity (Wildman–Crippen MR) is 138 cm³/mol. The quantitative estimate of drug-likeness (QED) is 0.163. The Morgan fingerprint density at radius 3 is 2.12 bits per heavy atom. The Morgan fingerprint density at radius 1 is 1.00 bits per heavy atom. The van der Waals surface area contributed by atoms with Crippen LogP contribution in [0.2, 0.25) is 29.1 Å². The molecule has 0 saturated carbocycles. The van der Waals surface area contributed by atoms with Crippen LogP contribution in [0.1, 0.15) is 78.6 Å². The van der Waals surface area contributed by atoms with Crippen LogP contribution in [0.15, 0.2) is 12.4 Å². The van der Waals surface area contributed by atoms with Crippen LogP contribution in [0.25, 0.3) is 11.0 Å². The first-order valence-electron chi connectivity index (χ1n) is 12.6. The minimum atomic E-state index is -1.21. The van der Waals surface area contributed by atoms with Gasteiger partial charge < -0.3 is 0 Å². The summed E-state index contributed by atoms with van der Waals surface area (Å²) >= 11 is -1.21. The molecule has 2 aromatic rings. The summed E-state index contributed by atoms with van der Waals surface area (Å²) < 4.78 is 24.2. The molecule has 4 nitrogen and oxygen atoms in total. The summed E-state index contributed by atoms with van der Waals surface area (Å²) in [5.41, 5.74) is 0.783. The standard InChI is InChI=1S/C13H27.C12H17FN3OSi.Sn/c1-4-7-10-13(11-8-5-2)12-9-6-3;1-18(2,3)5-4-17-9-16-12-10(7-15-16)6-11(13)8-14-12;/h4-12H2,1-3H3;7-8H,4-5,9H2,1-3H3;. The van der Waals surface area contributed by atoms with Gasteiger partial charge in [-0.15, -0.1) is 0 Å². The van der Waals surface area contributed by atoms with Gasteiger partial charge in [-0.25, -0.2) is 0 Å². The summed E-state index contributed by atoms with van der Waals surface area (Å²) in [4.78, 5) is 4.43. The molecule has 0 N–H and O–H groups in total. The van der Waals surface area contributed by atoms with Crippen LogP contribution >= 0.6 is 0 Å². The molecule has 0 aromatic carbocycles. The number of unbranched alkanes of at least 4 members (excludes halogenated alkanes) is 3. The second kappa shape index (κ2) is 13.4. The van der Waals surface area contributed by atoms with Gasteiger partial charge in [0.15, 0.2) is 0 Å². The molecule has 0 unspecified atom stereocenters. The number of ether oxygens (including phenoxy) is 1. The number of aromatic nitrogens is 3. The molecule has 0 bridgehead atoms. The van der Waals surface area contributed by atoms with E-state index in [9.17, 15) is 0 Å². The van der Waals surface area contributed by atoms with Gasteiger partial charge in [-0.1, -0.05) is 0 Å². The molecule has 0 saturated heterocycles. The normalized spacial score (nSPS) is 12.7. The molecule has 2 heterocycles. The predicted octanol–water partition coefficient (Wildman–Crippen LogP) is 6.94. The second-order valence-electron chi connectivity index (χ2n) is 10.4. The maximum absolute atomic E-state index is 15.2. The van der Waals surface area contributed by atoms with Crippen LogP contribution in [0.3, 0.4) is 0 Å². The van der Waals surface area contributed by atoms with Crippen molar-refractivity contribution in [3.05, 3.63) is 18.2 Å². The van der Waals surface area contributed by atoms with Crippen molar-refractivity contribution >= 4 is 43.8 Å². The van der Waals surface area contributed by atoms with Crippen LogP contribution in [0.5, 0.6) is 0 Å². The van der Waals surface area contributed by atoms with Gasteiger partial charge >= 0.3 is 207 Å². The molecule has 0 fully saturated rings. The molecule has 2 rings (SSSR count). The summed E-state index contributed by atoms with van der Waals surface area (Å²) in [5, 5.41) is 5.48. The van der Waals surface area contributed by atoms with Gasteiger partial charge in [0, 0.05) is 0 Å². The van der Waals surface area contributed by atoms with E-state index in [1.54, 1.807) is 0 Å². The molecule has 2 aromatic heterocycles. The Hall–Kier alpha value is -0.474. The monoisotopic (exact) mass is 569 g/mol. The van der Waals surface area contributed by atoms with Gasteiger partial charge in [0.1, 0.15) is 0 Å². The Kier molecular flexibility index (Phi) is 11.6. The van der Waals surface area contributed by atoms with Crippen molar-refractivity contribution in [2.75, 3.05) is 6.61 Å². The zero-order valence-electron chi connectivity index (χ0n) is 21.3. The Balaban J connectivity index is 2.29. The van der Waals surface area contributed by atoms with E-state index < -0.39 is 29.2 Å². The third-order valence-corrected chi connectivity index (χ3v) is 13.8. The fourth-order valence-corrected chi connectivity index (χ4v) is 10.4. The average molecular weight is 568 g/mol. The summed E-state index contributed by atoms with van der Waals surface area (Å²) in [6.45, 7) is 15.0. The molecule has 0 aliphatic carbocycles. The van der Waals surface area contributed by atoms with Crippen molar-refractivity contribution < 1.29 is 9.13 Å². The number of fused-ring (bicyclic) bond motifs is 1. The molecule has 7 heteroatoms. The van der Waals surface area contributed by atoms with Crippen molar-refractivity contribution in [2.45, 2.75) is 114 Å². The van der Waals surface area contributed by atoms with Crippen molar-refractivity contribution in [3.8, 4) is 0 Å². The molecular formula is C25H44FN3OSiSn. The minimum absolute atomic E-state index is 0.114. The third-order valence-electron chi connectivity index (χ3n) is 6.25.